The number of carbonyl (C=O) groups is 1. The fourth-order valence-electron chi connectivity index (χ4n) is 5.26. The van der Waals surface area contributed by atoms with Gasteiger partial charge >= 0.3 is 6.09 Å². The van der Waals surface area contributed by atoms with E-state index in [0.29, 0.717) is 11.3 Å². The molecule has 2 aliphatic rings. The van der Waals surface area contributed by atoms with Crippen LogP contribution in [0.25, 0.3) is 22.4 Å². The Morgan fingerprint density at radius 3 is 2.43 bits per heavy atom. The van der Waals surface area contributed by atoms with Gasteiger partial charge in [0.1, 0.15) is 11.4 Å². The van der Waals surface area contributed by atoms with Gasteiger partial charge in [-0.3, -0.25) is 5.10 Å². The van der Waals surface area contributed by atoms with Gasteiger partial charge in [-0.15, -0.1) is 10.2 Å². The summed E-state index contributed by atoms with van der Waals surface area (Å²) in [5, 5.41) is 26.2. The molecule has 3 atom stereocenters. The van der Waals surface area contributed by atoms with Crippen LogP contribution in [0, 0.1) is 0 Å². The van der Waals surface area contributed by atoms with Gasteiger partial charge in [0, 0.05) is 42.5 Å². The van der Waals surface area contributed by atoms with E-state index in [-0.39, 0.29) is 30.0 Å². The van der Waals surface area contributed by atoms with Crippen molar-refractivity contribution in [2.75, 3.05) is 11.9 Å². The second-order valence-electron chi connectivity index (χ2n) is 10.5. The molecule has 1 aromatic carbocycles. The van der Waals surface area contributed by atoms with Crippen molar-refractivity contribution in [3.8, 4) is 28.1 Å². The number of aromatic amines is 1. The molecule has 3 aromatic rings. The van der Waals surface area contributed by atoms with Crippen LogP contribution >= 0.6 is 0 Å². The van der Waals surface area contributed by atoms with E-state index in [1.54, 1.807) is 18.5 Å². The van der Waals surface area contributed by atoms with Crippen LogP contribution in [0.4, 0.5) is 10.6 Å². The van der Waals surface area contributed by atoms with E-state index in [1.165, 1.54) is 0 Å². The molecule has 9 heteroatoms. The number of piperidine rings is 1. The largest absolute Gasteiger partial charge is 0.507 e. The molecule has 0 radical (unpaired) electrons. The lowest BCUT2D eigenvalue weighted by Crippen LogP contribution is -2.53. The normalized spacial score (nSPS) is 21.7. The maximum absolute atomic E-state index is 12.8. The molecular weight excluding hydrogens is 444 g/mol. The molecule has 2 bridgehead atoms. The number of hydrogen-bond acceptors (Lipinski definition) is 7. The van der Waals surface area contributed by atoms with Gasteiger partial charge in [0.15, 0.2) is 5.82 Å². The number of carbonyl (C=O) groups excluding carboxylic acids is 1. The summed E-state index contributed by atoms with van der Waals surface area (Å²) in [6.07, 6.45) is 7.07. The van der Waals surface area contributed by atoms with Gasteiger partial charge in [0.25, 0.3) is 0 Å². The van der Waals surface area contributed by atoms with E-state index in [9.17, 15) is 9.90 Å². The predicted octanol–water partition coefficient (Wildman–Crippen LogP) is 4.61. The number of phenolic OH excluding ortho intramolecular Hbond substituents is 1. The van der Waals surface area contributed by atoms with E-state index in [4.69, 9.17) is 4.74 Å². The number of hydrogen-bond donors (Lipinski definition) is 2. The minimum absolute atomic E-state index is 0.144. The summed E-state index contributed by atoms with van der Waals surface area (Å²) in [7, 11) is 2.04. The van der Waals surface area contributed by atoms with Crippen molar-refractivity contribution >= 4 is 11.9 Å². The average molecular weight is 477 g/mol. The summed E-state index contributed by atoms with van der Waals surface area (Å²) in [6, 6.07) is 9.95. The predicted molar refractivity (Wildman–Crippen MR) is 133 cm³/mol. The highest BCUT2D eigenvalue weighted by Gasteiger charge is 2.45. The van der Waals surface area contributed by atoms with Crippen molar-refractivity contribution in [2.24, 2.45) is 0 Å². The summed E-state index contributed by atoms with van der Waals surface area (Å²) in [5.74, 6) is 0.920. The van der Waals surface area contributed by atoms with Crippen molar-refractivity contribution in [2.45, 2.75) is 70.2 Å². The Balaban J connectivity index is 1.27. The van der Waals surface area contributed by atoms with Crippen molar-refractivity contribution in [3.63, 3.8) is 0 Å². The Bertz CT molecular complexity index is 1170. The first-order valence-electron chi connectivity index (χ1n) is 12.1. The van der Waals surface area contributed by atoms with Gasteiger partial charge in [-0.1, -0.05) is 6.07 Å². The zero-order valence-electron chi connectivity index (χ0n) is 20.6. The third-order valence-electron chi connectivity index (χ3n) is 6.98. The first kappa shape index (κ1) is 23.1. The zero-order valence-corrected chi connectivity index (χ0v) is 20.6. The number of phenols is 1. The van der Waals surface area contributed by atoms with Gasteiger partial charge < -0.3 is 19.6 Å². The van der Waals surface area contributed by atoms with Crippen molar-refractivity contribution in [1.29, 1.82) is 0 Å². The second kappa shape index (κ2) is 8.87. The Morgan fingerprint density at radius 1 is 1.11 bits per heavy atom. The number of aromatic nitrogens is 4. The van der Waals surface area contributed by atoms with Crippen LogP contribution in [0.15, 0.2) is 42.7 Å². The molecule has 5 rings (SSSR count). The summed E-state index contributed by atoms with van der Waals surface area (Å²) >= 11 is 0. The first-order chi connectivity index (χ1) is 16.7. The van der Waals surface area contributed by atoms with Crippen molar-refractivity contribution in [1.82, 2.24) is 25.3 Å². The second-order valence-corrected chi connectivity index (χ2v) is 10.5. The SMILES string of the molecule is CN(c1ccc(-c2ccc(-c3cn[nH]c3)cc2O)nn1)C1C[C@H]2CC[C@@H](C1)N2C(=O)OC(C)(C)C. The highest BCUT2D eigenvalue weighted by atomic mass is 16.6. The smallest absolute Gasteiger partial charge is 0.410 e. The molecule has 2 fully saturated rings. The van der Waals surface area contributed by atoms with Crippen molar-refractivity contribution in [3.05, 3.63) is 42.7 Å². The van der Waals surface area contributed by atoms with Crippen molar-refractivity contribution < 1.29 is 14.6 Å². The Morgan fingerprint density at radius 2 is 1.86 bits per heavy atom. The molecule has 0 aliphatic carbocycles. The number of rotatable bonds is 4. The molecule has 0 saturated carbocycles. The summed E-state index contributed by atoms with van der Waals surface area (Å²) in [6.45, 7) is 5.72. The molecule has 1 unspecified atom stereocenters. The van der Waals surface area contributed by atoms with Gasteiger partial charge in [0.05, 0.1) is 11.9 Å². The van der Waals surface area contributed by atoms with Crippen LogP contribution in [0.5, 0.6) is 5.75 Å². The molecule has 9 nitrogen and oxygen atoms in total. The summed E-state index contributed by atoms with van der Waals surface area (Å²) in [4.78, 5) is 16.9. The highest BCUT2D eigenvalue weighted by Crippen LogP contribution is 2.39. The molecule has 2 aromatic heterocycles. The number of aromatic hydroxyl groups is 1. The lowest BCUT2D eigenvalue weighted by molar-refractivity contribution is 0.00597. The van der Waals surface area contributed by atoms with Crippen LogP contribution in [0.2, 0.25) is 0 Å². The monoisotopic (exact) mass is 476 g/mol. The van der Waals surface area contributed by atoms with Crippen LogP contribution in [-0.4, -0.2) is 67.3 Å². The fraction of sp³-hybridized carbons (Fsp3) is 0.462. The number of amides is 1. The van der Waals surface area contributed by atoms with Gasteiger partial charge in [-0.25, -0.2) is 4.79 Å². The molecule has 35 heavy (non-hydrogen) atoms. The highest BCUT2D eigenvalue weighted by molar-refractivity contribution is 5.74. The Kier molecular flexibility index (Phi) is 5.86. The van der Waals surface area contributed by atoms with Crippen LogP contribution in [-0.2, 0) is 4.74 Å². The van der Waals surface area contributed by atoms with E-state index in [2.05, 4.69) is 25.3 Å². The van der Waals surface area contributed by atoms with Gasteiger partial charge in [-0.2, -0.15) is 5.10 Å². The van der Waals surface area contributed by atoms with E-state index in [1.807, 2.05) is 57.0 Å². The third-order valence-corrected chi connectivity index (χ3v) is 6.98. The Hall–Kier alpha value is -3.62. The quantitative estimate of drug-likeness (QED) is 0.566. The number of benzene rings is 1. The zero-order chi connectivity index (χ0) is 24.7. The molecular formula is C26H32N6O3. The molecule has 184 valence electrons. The minimum atomic E-state index is -0.491. The average Bonchev–Trinajstić information content (AvgIpc) is 3.44. The van der Waals surface area contributed by atoms with E-state index >= 15 is 0 Å². The Labute approximate surface area is 205 Å². The molecule has 2 N–H and O–H groups in total. The standard InChI is InChI=1S/C26H32N6O3/c1-26(2,3)35-25(34)32-18-6-7-19(32)13-20(12-18)31(4)24-10-9-22(29-30-24)21-8-5-16(11-23(21)33)17-14-27-28-15-17/h5,8-11,14-15,18-20,33H,6-7,12-13H2,1-4H3,(H,27,28)/t18-,19+,20?. The molecule has 1 amide bonds. The number of anilines is 1. The van der Waals surface area contributed by atoms with E-state index < -0.39 is 5.60 Å². The number of H-pyrrole nitrogens is 1. The van der Waals surface area contributed by atoms with E-state index in [0.717, 1.165) is 42.6 Å². The molecule has 2 aliphatic heterocycles. The van der Waals surface area contributed by atoms with Gasteiger partial charge in [0.2, 0.25) is 0 Å². The summed E-state index contributed by atoms with van der Waals surface area (Å²) in [5.41, 5.74) is 2.52. The number of nitrogens with zero attached hydrogens (tertiary/aromatic N) is 5. The minimum Gasteiger partial charge on any atom is -0.507 e. The summed E-state index contributed by atoms with van der Waals surface area (Å²) < 4.78 is 5.66. The number of nitrogens with one attached hydrogen (secondary N) is 1. The van der Waals surface area contributed by atoms with Crippen LogP contribution in [0.3, 0.4) is 0 Å². The molecule has 2 saturated heterocycles. The topological polar surface area (TPSA) is 107 Å². The maximum Gasteiger partial charge on any atom is 0.410 e. The fourth-order valence-corrected chi connectivity index (χ4v) is 5.26. The van der Waals surface area contributed by atoms with Crippen LogP contribution < -0.4 is 4.90 Å². The van der Waals surface area contributed by atoms with Gasteiger partial charge in [-0.05, 0) is 76.3 Å². The number of ether oxygens (including phenoxy) is 1. The molecule has 0 spiro atoms. The third kappa shape index (κ3) is 4.67. The molecule has 4 heterocycles. The maximum atomic E-state index is 12.8. The lowest BCUT2D eigenvalue weighted by atomic mass is 9.96. The first-order valence-corrected chi connectivity index (χ1v) is 12.1. The van der Waals surface area contributed by atoms with Crippen LogP contribution in [0.1, 0.15) is 46.5 Å². The lowest BCUT2D eigenvalue weighted by Gasteiger charge is -2.42. The number of fused-ring (bicyclic) bond motifs is 2.